The van der Waals surface area contributed by atoms with E-state index < -0.39 is 15.8 Å². The molecule has 8 heteroatoms. The quantitative estimate of drug-likeness (QED) is 0.734. The van der Waals surface area contributed by atoms with Crippen LogP contribution in [0.3, 0.4) is 0 Å². The lowest BCUT2D eigenvalue weighted by molar-refractivity contribution is 0.569. The van der Waals surface area contributed by atoms with Gasteiger partial charge in [0.2, 0.25) is 0 Å². The molecule has 0 radical (unpaired) electrons. The van der Waals surface area contributed by atoms with Crippen LogP contribution < -0.4 is 4.72 Å². The summed E-state index contributed by atoms with van der Waals surface area (Å²) in [6.45, 7) is 1.71. The zero-order chi connectivity index (χ0) is 18.0. The van der Waals surface area contributed by atoms with Crippen molar-refractivity contribution in [3.05, 3.63) is 66.2 Å². The zero-order valence-electron chi connectivity index (χ0n) is 13.6. The third kappa shape index (κ3) is 3.85. The minimum Gasteiger partial charge on any atom is -0.329 e. The van der Waals surface area contributed by atoms with E-state index in [1.807, 2.05) is 11.6 Å². The molecule has 0 spiro atoms. The van der Waals surface area contributed by atoms with Gasteiger partial charge in [-0.05, 0) is 48.5 Å². The van der Waals surface area contributed by atoms with Gasteiger partial charge in [-0.15, -0.1) is 0 Å². The molecule has 0 bridgehead atoms. The monoisotopic (exact) mass is 377 g/mol. The first-order chi connectivity index (χ1) is 11.9. The van der Waals surface area contributed by atoms with Crippen molar-refractivity contribution in [2.75, 3.05) is 4.72 Å². The molecule has 0 unspecified atom stereocenters. The van der Waals surface area contributed by atoms with Gasteiger partial charge in [-0.3, -0.25) is 4.72 Å². The number of anilines is 1. The molecule has 0 amide bonds. The maximum atomic E-state index is 14.0. The highest BCUT2D eigenvalue weighted by Gasteiger charge is 2.21. The number of halogens is 1. The Morgan fingerprint density at radius 3 is 2.68 bits per heavy atom. The SMILES string of the molecule is Cc1ccc(F)c(S(=O)(=O)Nc2ccccc2Sc2nccn2C)c1. The third-order valence-corrected chi connectivity index (χ3v) is 6.02. The lowest BCUT2D eigenvalue weighted by atomic mass is 10.2. The summed E-state index contributed by atoms with van der Waals surface area (Å²) < 4.78 is 43.5. The summed E-state index contributed by atoms with van der Waals surface area (Å²) in [6.07, 6.45) is 3.47. The molecule has 2 aromatic carbocycles. The fourth-order valence-electron chi connectivity index (χ4n) is 2.20. The van der Waals surface area contributed by atoms with Crippen LogP contribution in [0, 0.1) is 12.7 Å². The highest BCUT2D eigenvalue weighted by atomic mass is 32.2. The highest BCUT2D eigenvalue weighted by Crippen LogP contribution is 2.33. The van der Waals surface area contributed by atoms with E-state index in [2.05, 4.69) is 9.71 Å². The highest BCUT2D eigenvalue weighted by molar-refractivity contribution is 7.99. The Balaban J connectivity index is 1.95. The number of rotatable bonds is 5. The second-order valence-electron chi connectivity index (χ2n) is 5.46. The van der Waals surface area contributed by atoms with E-state index in [4.69, 9.17) is 0 Å². The fourth-order valence-corrected chi connectivity index (χ4v) is 4.40. The van der Waals surface area contributed by atoms with Crippen molar-refractivity contribution in [2.45, 2.75) is 21.9 Å². The van der Waals surface area contributed by atoms with E-state index in [1.165, 1.54) is 23.9 Å². The Hall–Kier alpha value is -2.32. The van der Waals surface area contributed by atoms with Crippen LogP contribution in [0.5, 0.6) is 0 Å². The molecule has 0 atom stereocenters. The van der Waals surface area contributed by atoms with Gasteiger partial charge in [-0.2, -0.15) is 0 Å². The van der Waals surface area contributed by atoms with Gasteiger partial charge in [0.15, 0.2) is 5.16 Å². The Labute approximate surface area is 150 Å². The molecule has 3 aromatic rings. The van der Waals surface area contributed by atoms with Crippen molar-refractivity contribution < 1.29 is 12.8 Å². The first-order valence-electron chi connectivity index (χ1n) is 7.40. The second-order valence-corrected chi connectivity index (χ2v) is 8.12. The van der Waals surface area contributed by atoms with Gasteiger partial charge in [-0.25, -0.2) is 17.8 Å². The molecule has 1 heterocycles. The predicted octanol–water partition coefficient (Wildman–Crippen LogP) is 3.82. The summed E-state index contributed by atoms with van der Waals surface area (Å²) in [5, 5.41) is 0.716. The first-order valence-corrected chi connectivity index (χ1v) is 9.70. The van der Waals surface area contributed by atoms with Gasteiger partial charge in [0, 0.05) is 24.3 Å². The van der Waals surface area contributed by atoms with Crippen LogP contribution >= 0.6 is 11.8 Å². The van der Waals surface area contributed by atoms with Gasteiger partial charge in [0.05, 0.1) is 5.69 Å². The van der Waals surface area contributed by atoms with Gasteiger partial charge in [-0.1, -0.05) is 18.2 Å². The number of hydrogen-bond donors (Lipinski definition) is 1. The minimum atomic E-state index is -4.04. The summed E-state index contributed by atoms with van der Waals surface area (Å²) in [6, 6.07) is 10.9. The summed E-state index contributed by atoms with van der Waals surface area (Å²) in [5.41, 5.74) is 1.04. The Morgan fingerprint density at radius 1 is 1.20 bits per heavy atom. The van der Waals surface area contributed by atoms with E-state index in [0.29, 0.717) is 21.3 Å². The molecule has 0 saturated carbocycles. The summed E-state index contributed by atoms with van der Waals surface area (Å²) >= 11 is 1.32. The molecule has 130 valence electrons. The van der Waals surface area contributed by atoms with Crippen molar-refractivity contribution in [3.8, 4) is 0 Å². The zero-order valence-corrected chi connectivity index (χ0v) is 15.2. The average molecular weight is 377 g/mol. The van der Waals surface area contributed by atoms with Crippen LogP contribution in [0.25, 0.3) is 0 Å². The fraction of sp³-hybridized carbons (Fsp3) is 0.118. The normalized spacial score (nSPS) is 11.5. The summed E-state index contributed by atoms with van der Waals surface area (Å²) in [4.78, 5) is 4.52. The van der Waals surface area contributed by atoms with Crippen LogP contribution in [-0.2, 0) is 17.1 Å². The summed E-state index contributed by atoms with van der Waals surface area (Å²) in [5.74, 6) is -0.785. The Morgan fingerprint density at radius 2 is 1.96 bits per heavy atom. The van der Waals surface area contributed by atoms with Crippen LogP contribution in [0.4, 0.5) is 10.1 Å². The van der Waals surface area contributed by atoms with Crippen LogP contribution in [0.1, 0.15) is 5.56 Å². The van der Waals surface area contributed by atoms with Gasteiger partial charge >= 0.3 is 0 Å². The lowest BCUT2D eigenvalue weighted by Crippen LogP contribution is -2.15. The molecule has 0 aliphatic carbocycles. The number of aryl methyl sites for hydroxylation is 2. The van der Waals surface area contributed by atoms with E-state index in [0.717, 1.165) is 6.07 Å². The lowest BCUT2D eigenvalue weighted by Gasteiger charge is -2.13. The summed E-state index contributed by atoms with van der Waals surface area (Å²) in [7, 11) is -2.19. The van der Waals surface area contributed by atoms with Gasteiger partial charge in [0.25, 0.3) is 10.0 Å². The number of hydrogen-bond acceptors (Lipinski definition) is 4. The molecule has 3 rings (SSSR count). The Bertz CT molecular complexity index is 1020. The van der Waals surface area contributed by atoms with Crippen LogP contribution in [0.15, 0.2) is 69.8 Å². The molecule has 0 saturated heterocycles. The molecular weight excluding hydrogens is 361 g/mol. The van der Waals surface area contributed by atoms with E-state index in [1.54, 1.807) is 43.6 Å². The van der Waals surface area contributed by atoms with E-state index in [-0.39, 0.29) is 4.90 Å². The standard InChI is InChI=1S/C17H16FN3O2S2/c1-12-7-8-13(18)16(11-12)25(22,23)20-14-5-3-4-6-15(14)24-17-19-9-10-21(17)2/h3-11,20H,1-2H3. The average Bonchev–Trinajstić information content (AvgIpc) is 2.96. The van der Waals surface area contributed by atoms with Crippen LogP contribution in [-0.4, -0.2) is 18.0 Å². The largest absolute Gasteiger partial charge is 0.329 e. The number of nitrogens with one attached hydrogen (secondary N) is 1. The molecule has 25 heavy (non-hydrogen) atoms. The van der Waals surface area contributed by atoms with Crippen molar-refractivity contribution in [1.82, 2.24) is 9.55 Å². The number of aromatic nitrogens is 2. The van der Waals surface area contributed by atoms with Crippen molar-refractivity contribution in [1.29, 1.82) is 0 Å². The number of imidazole rings is 1. The number of benzene rings is 2. The maximum absolute atomic E-state index is 14.0. The molecule has 0 aliphatic rings. The van der Waals surface area contributed by atoms with Gasteiger partial charge in [0.1, 0.15) is 10.7 Å². The van der Waals surface area contributed by atoms with Crippen molar-refractivity contribution in [2.24, 2.45) is 7.05 Å². The minimum absolute atomic E-state index is 0.371. The molecular formula is C17H16FN3O2S2. The molecule has 1 aromatic heterocycles. The van der Waals surface area contributed by atoms with Crippen molar-refractivity contribution >= 4 is 27.5 Å². The van der Waals surface area contributed by atoms with Gasteiger partial charge < -0.3 is 4.57 Å². The van der Waals surface area contributed by atoms with E-state index in [9.17, 15) is 12.8 Å². The Kier molecular flexibility index (Phi) is 4.82. The topological polar surface area (TPSA) is 64.0 Å². The van der Waals surface area contributed by atoms with E-state index >= 15 is 0 Å². The third-order valence-electron chi connectivity index (χ3n) is 3.49. The number of nitrogens with zero attached hydrogens (tertiary/aromatic N) is 2. The molecule has 0 fully saturated rings. The van der Waals surface area contributed by atoms with Crippen LogP contribution in [0.2, 0.25) is 0 Å². The maximum Gasteiger partial charge on any atom is 0.264 e. The second kappa shape index (κ2) is 6.89. The first kappa shape index (κ1) is 17.5. The smallest absolute Gasteiger partial charge is 0.264 e. The molecule has 5 nitrogen and oxygen atoms in total. The molecule has 0 aliphatic heterocycles. The molecule has 1 N–H and O–H groups in total. The number of sulfonamides is 1. The van der Waals surface area contributed by atoms with Crippen molar-refractivity contribution in [3.63, 3.8) is 0 Å². The number of para-hydroxylation sites is 1. The predicted molar refractivity (Wildman–Crippen MR) is 95.7 cm³/mol.